The van der Waals surface area contributed by atoms with Crippen LogP contribution in [0.2, 0.25) is 0 Å². The molecule has 2 aromatic rings. The minimum absolute atomic E-state index is 0.171. The fraction of sp³-hybridized carbons (Fsp3) is 0.312. The van der Waals surface area contributed by atoms with Crippen LogP contribution in [-0.4, -0.2) is 30.3 Å². The number of rotatable bonds is 5. The molecule has 1 aliphatic rings. The highest BCUT2D eigenvalue weighted by atomic mass is 32.1. The maximum Gasteiger partial charge on any atom is 0.350 e. The van der Waals surface area contributed by atoms with E-state index in [0.717, 1.165) is 16.9 Å². The predicted octanol–water partition coefficient (Wildman–Crippen LogP) is 2.54. The summed E-state index contributed by atoms with van der Waals surface area (Å²) in [4.78, 5) is 28.5. The number of aromatic nitrogens is 1. The van der Waals surface area contributed by atoms with Gasteiger partial charge in [-0.15, -0.1) is 0 Å². The standard InChI is InChI=1S/C16H16N2O5S/c1-3-21-15(20)14-9(2)17-16(24-14)18-13(19)7-10-4-5-11-12(6-10)23-8-22-11/h4-6H,3,7-8H2,1-2H3,(H,17,18,19). The molecule has 0 unspecified atom stereocenters. The third kappa shape index (κ3) is 3.48. The lowest BCUT2D eigenvalue weighted by molar-refractivity contribution is -0.115. The first-order chi connectivity index (χ1) is 11.6. The van der Waals surface area contributed by atoms with Gasteiger partial charge < -0.3 is 19.5 Å². The first-order valence-corrected chi connectivity index (χ1v) is 8.21. The van der Waals surface area contributed by atoms with Gasteiger partial charge in [0.2, 0.25) is 12.7 Å². The second-order valence-corrected chi connectivity index (χ2v) is 6.07. The van der Waals surface area contributed by atoms with E-state index in [4.69, 9.17) is 14.2 Å². The van der Waals surface area contributed by atoms with Gasteiger partial charge in [-0.2, -0.15) is 0 Å². The van der Waals surface area contributed by atoms with E-state index in [0.29, 0.717) is 33.8 Å². The van der Waals surface area contributed by atoms with Crippen molar-refractivity contribution in [2.24, 2.45) is 0 Å². The zero-order valence-electron chi connectivity index (χ0n) is 13.3. The summed E-state index contributed by atoms with van der Waals surface area (Å²) in [6.07, 6.45) is 0.171. The molecule has 0 bridgehead atoms. The van der Waals surface area contributed by atoms with Crippen LogP contribution in [0, 0.1) is 6.92 Å². The minimum atomic E-state index is -0.427. The number of carbonyl (C=O) groups excluding carboxylic acids is 2. The number of amides is 1. The van der Waals surface area contributed by atoms with Gasteiger partial charge in [0.25, 0.3) is 0 Å². The van der Waals surface area contributed by atoms with E-state index in [-0.39, 0.29) is 19.1 Å². The Balaban J connectivity index is 1.65. The minimum Gasteiger partial charge on any atom is -0.462 e. The highest BCUT2D eigenvalue weighted by Crippen LogP contribution is 2.32. The van der Waals surface area contributed by atoms with Crippen LogP contribution in [0.5, 0.6) is 11.5 Å². The summed E-state index contributed by atoms with van der Waals surface area (Å²) >= 11 is 1.10. The first-order valence-electron chi connectivity index (χ1n) is 7.39. The second-order valence-electron chi connectivity index (χ2n) is 5.07. The van der Waals surface area contributed by atoms with Crippen LogP contribution < -0.4 is 14.8 Å². The molecule has 3 rings (SSSR count). The molecule has 0 saturated carbocycles. The van der Waals surface area contributed by atoms with Crippen molar-refractivity contribution in [3.8, 4) is 11.5 Å². The van der Waals surface area contributed by atoms with Crippen molar-refractivity contribution < 1.29 is 23.8 Å². The Morgan fingerprint density at radius 1 is 1.33 bits per heavy atom. The van der Waals surface area contributed by atoms with Crippen LogP contribution in [0.1, 0.15) is 27.9 Å². The van der Waals surface area contributed by atoms with Crippen molar-refractivity contribution >= 4 is 28.3 Å². The zero-order chi connectivity index (χ0) is 17.1. The average molecular weight is 348 g/mol. The third-order valence-electron chi connectivity index (χ3n) is 3.31. The van der Waals surface area contributed by atoms with E-state index in [9.17, 15) is 9.59 Å². The van der Waals surface area contributed by atoms with Crippen molar-refractivity contribution in [1.82, 2.24) is 4.98 Å². The smallest absolute Gasteiger partial charge is 0.350 e. The molecule has 0 fully saturated rings. The van der Waals surface area contributed by atoms with E-state index >= 15 is 0 Å². The molecule has 0 atom stereocenters. The molecule has 0 radical (unpaired) electrons. The van der Waals surface area contributed by atoms with Crippen LogP contribution in [-0.2, 0) is 16.0 Å². The number of anilines is 1. The number of hydrogen-bond donors (Lipinski definition) is 1. The highest BCUT2D eigenvalue weighted by Gasteiger charge is 2.18. The Bertz CT molecular complexity index is 787. The van der Waals surface area contributed by atoms with Gasteiger partial charge in [0, 0.05) is 0 Å². The number of hydrogen-bond acceptors (Lipinski definition) is 7. The molecule has 0 aliphatic carbocycles. The summed E-state index contributed by atoms with van der Waals surface area (Å²) in [5.41, 5.74) is 1.34. The molecule has 8 heteroatoms. The molecule has 7 nitrogen and oxygen atoms in total. The van der Waals surface area contributed by atoms with Gasteiger partial charge >= 0.3 is 5.97 Å². The number of aryl methyl sites for hydroxylation is 1. The van der Waals surface area contributed by atoms with Gasteiger partial charge in [-0.05, 0) is 31.5 Å². The van der Waals surface area contributed by atoms with E-state index in [1.54, 1.807) is 26.0 Å². The van der Waals surface area contributed by atoms with Crippen LogP contribution in [0.4, 0.5) is 5.13 Å². The normalized spacial score (nSPS) is 12.1. The lowest BCUT2D eigenvalue weighted by Gasteiger charge is -2.03. The number of thiazole rings is 1. The van der Waals surface area contributed by atoms with Gasteiger partial charge in [-0.1, -0.05) is 17.4 Å². The van der Waals surface area contributed by atoms with Gasteiger partial charge in [0.15, 0.2) is 16.6 Å². The van der Waals surface area contributed by atoms with Crippen LogP contribution in [0.25, 0.3) is 0 Å². The van der Waals surface area contributed by atoms with E-state index in [2.05, 4.69) is 10.3 Å². The highest BCUT2D eigenvalue weighted by molar-refractivity contribution is 7.17. The molecule has 0 saturated heterocycles. The second kappa shape index (κ2) is 6.88. The largest absolute Gasteiger partial charge is 0.462 e. The SMILES string of the molecule is CCOC(=O)c1sc(NC(=O)Cc2ccc3c(c2)OCO3)nc1C. The molecule has 1 N–H and O–H groups in total. The maximum atomic E-state index is 12.2. The Labute approximate surface area is 142 Å². The fourth-order valence-corrected chi connectivity index (χ4v) is 3.11. The topological polar surface area (TPSA) is 86.8 Å². The molecule has 126 valence electrons. The zero-order valence-corrected chi connectivity index (χ0v) is 14.1. The Morgan fingerprint density at radius 2 is 2.12 bits per heavy atom. The third-order valence-corrected chi connectivity index (χ3v) is 4.36. The molecular formula is C16H16N2O5S. The maximum absolute atomic E-state index is 12.2. The Hall–Kier alpha value is -2.61. The summed E-state index contributed by atoms with van der Waals surface area (Å²) in [7, 11) is 0. The number of nitrogens with zero attached hydrogens (tertiary/aromatic N) is 1. The van der Waals surface area contributed by atoms with Crippen molar-refractivity contribution in [2.45, 2.75) is 20.3 Å². The number of esters is 1. The summed E-state index contributed by atoms with van der Waals surface area (Å²) in [5, 5.41) is 3.08. The van der Waals surface area contributed by atoms with E-state index in [1.165, 1.54) is 0 Å². The van der Waals surface area contributed by atoms with Crippen molar-refractivity contribution in [2.75, 3.05) is 18.7 Å². The number of benzene rings is 1. The van der Waals surface area contributed by atoms with Gasteiger partial charge in [-0.25, -0.2) is 9.78 Å². The molecule has 1 amide bonds. The first kappa shape index (κ1) is 16.3. The molecule has 1 aromatic carbocycles. The van der Waals surface area contributed by atoms with E-state index < -0.39 is 5.97 Å². The molecule has 1 aliphatic heterocycles. The summed E-state index contributed by atoms with van der Waals surface area (Å²) in [5.74, 6) is 0.658. The Kier molecular flexibility index (Phi) is 4.66. The molecule has 24 heavy (non-hydrogen) atoms. The van der Waals surface area contributed by atoms with Gasteiger partial charge in [-0.3, -0.25) is 4.79 Å². The lowest BCUT2D eigenvalue weighted by atomic mass is 10.1. The molecule has 0 spiro atoms. The number of fused-ring (bicyclic) bond motifs is 1. The van der Waals surface area contributed by atoms with Crippen molar-refractivity contribution in [1.29, 1.82) is 0 Å². The number of ether oxygens (including phenoxy) is 3. The summed E-state index contributed by atoms with van der Waals surface area (Å²) in [6, 6.07) is 5.36. The van der Waals surface area contributed by atoms with Crippen LogP contribution in [0.3, 0.4) is 0 Å². The number of nitrogens with one attached hydrogen (secondary N) is 1. The van der Waals surface area contributed by atoms with Crippen LogP contribution >= 0.6 is 11.3 Å². The average Bonchev–Trinajstić information content (AvgIpc) is 3.13. The van der Waals surface area contributed by atoms with Crippen molar-refractivity contribution in [3.63, 3.8) is 0 Å². The van der Waals surface area contributed by atoms with E-state index in [1.807, 2.05) is 6.07 Å². The molecule has 2 heterocycles. The van der Waals surface area contributed by atoms with Gasteiger partial charge in [0.1, 0.15) is 4.88 Å². The quantitative estimate of drug-likeness (QED) is 0.836. The van der Waals surface area contributed by atoms with Gasteiger partial charge in [0.05, 0.1) is 18.7 Å². The summed E-state index contributed by atoms with van der Waals surface area (Å²) in [6.45, 7) is 3.93. The molecule has 1 aromatic heterocycles. The fourth-order valence-electron chi connectivity index (χ4n) is 2.24. The van der Waals surface area contributed by atoms with Crippen LogP contribution in [0.15, 0.2) is 18.2 Å². The lowest BCUT2D eigenvalue weighted by Crippen LogP contribution is -2.14. The number of carbonyl (C=O) groups is 2. The van der Waals surface area contributed by atoms with Crippen molar-refractivity contribution in [3.05, 3.63) is 34.3 Å². The molecular weight excluding hydrogens is 332 g/mol. The summed E-state index contributed by atoms with van der Waals surface area (Å²) < 4.78 is 15.5. The Morgan fingerprint density at radius 3 is 2.92 bits per heavy atom. The monoisotopic (exact) mass is 348 g/mol. The predicted molar refractivity (Wildman–Crippen MR) is 87.7 cm³/mol.